The molecule has 6 heteroatoms. The van der Waals surface area contributed by atoms with Gasteiger partial charge in [0.25, 0.3) is 0 Å². The van der Waals surface area contributed by atoms with Gasteiger partial charge in [0.1, 0.15) is 0 Å². The Bertz CT molecular complexity index is 349. The van der Waals surface area contributed by atoms with Gasteiger partial charge in [-0.3, -0.25) is 0 Å². The van der Waals surface area contributed by atoms with Crippen LogP contribution < -0.4 is 5.32 Å². The molecule has 20 heavy (non-hydrogen) atoms. The quantitative estimate of drug-likeness (QED) is 0.700. The molecular weight excluding hydrogens is 276 g/mol. The summed E-state index contributed by atoms with van der Waals surface area (Å²) >= 11 is 0. The molecule has 0 unspecified atom stereocenters. The Hall–Kier alpha value is -0.170. The highest BCUT2D eigenvalue weighted by atomic mass is 32.2. The summed E-state index contributed by atoms with van der Waals surface area (Å²) < 4.78 is 32.2. The van der Waals surface area contributed by atoms with Crippen molar-refractivity contribution in [2.45, 2.75) is 45.6 Å². The molecule has 0 amide bonds. The molecule has 0 saturated carbocycles. The van der Waals surface area contributed by atoms with Crippen molar-refractivity contribution in [1.29, 1.82) is 0 Å². The van der Waals surface area contributed by atoms with Crippen molar-refractivity contribution >= 4 is 10.0 Å². The standard InChI is InChI=1S/C14H30N2O3S/c1-4-14(5-2)16(10-11-19-3)20(17,18)12-13-6-8-15-9-7-13/h13-15H,4-12H2,1-3H3. The molecule has 0 spiro atoms. The summed E-state index contributed by atoms with van der Waals surface area (Å²) in [5, 5.41) is 3.28. The molecule has 0 aromatic rings. The molecule has 0 aliphatic carbocycles. The third kappa shape index (κ3) is 5.31. The van der Waals surface area contributed by atoms with Gasteiger partial charge in [-0.25, -0.2) is 8.42 Å². The van der Waals surface area contributed by atoms with E-state index in [-0.39, 0.29) is 11.8 Å². The number of sulfonamides is 1. The molecule has 1 rings (SSSR count). The number of nitrogens with zero attached hydrogens (tertiary/aromatic N) is 1. The fraction of sp³-hybridized carbons (Fsp3) is 1.00. The fourth-order valence-electron chi connectivity index (χ4n) is 2.87. The highest BCUT2D eigenvalue weighted by Crippen LogP contribution is 2.20. The number of hydrogen-bond donors (Lipinski definition) is 1. The van der Waals surface area contributed by atoms with Gasteiger partial charge in [-0.05, 0) is 44.7 Å². The zero-order chi connectivity index (χ0) is 15.0. The molecule has 1 heterocycles. The number of nitrogens with one attached hydrogen (secondary N) is 1. The number of rotatable bonds is 9. The third-order valence-corrected chi connectivity index (χ3v) is 6.22. The molecule has 1 N–H and O–H groups in total. The minimum Gasteiger partial charge on any atom is -0.383 e. The molecule has 0 aromatic heterocycles. The molecule has 1 aliphatic rings. The first-order chi connectivity index (χ1) is 9.55. The van der Waals surface area contributed by atoms with Gasteiger partial charge in [-0.1, -0.05) is 13.8 Å². The zero-order valence-electron chi connectivity index (χ0n) is 13.1. The second-order valence-electron chi connectivity index (χ2n) is 5.55. The molecule has 0 atom stereocenters. The van der Waals surface area contributed by atoms with E-state index in [9.17, 15) is 8.42 Å². The van der Waals surface area contributed by atoms with E-state index in [0.717, 1.165) is 38.8 Å². The van der Waals surface area contributed by atoms with Crippen LogP contribution in [0.5, 0.6) is 0 Å². The van der Waals surface area contributed by atoms with E-state index in [0.29, 0.717) is 19.1 Å². The predicted molar refractivity (Wildman–Crippen MR) is 82.3 cm³/mol. The van der Waals surface area contributed by atoms with Crippen molar-refractivity contribution in [3.05, 3.63) is 0 Å². The van der Waals surface area contributed by atoms with Crippen LogP contribution in [0.3, 0.4) is 0 Å². The summed E-state index contributed by atoms with van der Waals surface area (Å²) in [4.78, 5) is 0. The van der Waals surface area contributed by atoms with Gasteiger partial charge < -0.3 is 10.1 Å². The SMILES string of the molecule is CCC(CC)N(CCOC)S(=O)(=O)CC1CCNCC1. The summed E-state index contributed by atoms with van der Waals surface area (Å²) in [7, 11) is -1.58. The van der Waals surface area contributed by atoms with Gasteiger partial charge in [0.05, 0.1) is 12.4 Å². The molecule has 1 aliphatic heterocycles. The van der Waals surface area contributed by atoms with Gasteiger partial charge in [0.15, 0.2) is 0 Å². The van der Waals surface area contributed by atoms with E-state index in [1.54, 1.807) is 11.4 Å². The van der Waals surface area contributed by atoms with Crippen LogP contribution in [-0.2, 0) is 14.8 Å². The van der Waals surface area contributed by atoms with E-state index >= 15 is 0 Å². The van der Waals surface area contributed by atoms with Gasteiger partial charge in [0.2, 0.25) is 10.0 Å². The first-order valence-corrected chi connectivity index (χ1v) is 9.35. The summed E-state index contributed by atoms with van der Waals surface area (Å²) in [5.41, 5.74) is 0. The minimum atomic E-state index is -3.19. The maximum absolute atomic E-state index is 12.7. The van der Waals surface area contributed by atoms with Gasteiger partial charge in [-0.15, -0.1) is 0 Å². The van der Waals surface area contributed by atoms with Crippen LogP contribution in [0.4, 0.5) is 0 Å². The zero-order valence-corrected chi connectivity index (χ0v) is 13.9. The molecule has 0 aromatic carbocycles. The Balaban J connectivity index is 2.74. The fourth-order valence-corrected chi connectivity index (χ4v) is 5.09. The second kappa shape index (κ2) is 8.97. The van der Waals surface area contributed by atoms with Gasteiger partial charge >= 0.3 is 0 Å². The summed E-state index contributed by atoms with van der Waals surface area (Å²) in [6.45, 7) is 6.90. The third-order valence-electron chi connectivity index (χ3n) is 4.13. The molecular formula is C14H30N2O3S. The molecule has 120 valence electrons. The van der Waals surface area contributed by atoms with Gasteiger partial charge in [-0.2, -0.15) is 4.31 Å². The number of piperidine rings is 1. The van der Waals surface area contributed by atoms with Crippen LogP contribution in [0.25, 0.3) is 0 Å². The molecule has 5 nitrogen and oxygen atoms in total. The molecule has 1 saturated heterocycles. The Morgan fingerprint density at radius 1 is 1.25 bits per heavy atom. The summed E-state index contributed by atoms with van der Waals surface area (Å²) in [5.74, 6) is 0.579. The smallest absolute Gasteiger partial charge is 0.214 e. The molecule has 0 bridgehead atoms. The lowest BCUT2D eigenvalue weighted by atomic mass is 10.0. The Labute approximate surface area is 124 Å². The maximum Gasteiger partial charge on any atom is 0.214 e. The highest BCUT2D eigenvalue weighted by molar-refractivity contribution is 7.89. The van der Waals surface area contributed by atoms with Crippen LogP contribution in [-0.4, -0.2) is 57.9 Å². The van der Waals surface area contributed by atoms with Gasteiger partial charge in [0, 0.05) is 19.7 Å². The van der Waals surface area contributed by atoms with E-state index in [4.69, 9.17) is 4.74 Å². The van der Waals surface area contributed by atoms with Crippen LogP contribution >= 0.6 is 0 Å². The Morgan fingerprint density at radius 3 is 2.35 bits per heavy atom. The largest absolute Gasteiger partial charge is 0.383 e. The van der Waals surface area contributed by atoms with Crippen molar-refractivity contribution in [1.82, 2.24) is 9.62 Å². The average Bonchev–Trinajstić information content (AvgIpc) is 2.44. The summed E-state index contributed by atoms with van der Waals surface area (Å²) in [6, 6.07) is 0.0943. The first-order valence-electron chi connectivity index (χ1n) is 7.74. The average molecular weight is 306 g/mol. The van der Waals surface area contributed by atoms with Crippen LogP contribution in [0.2, 0.25) is 0 Å². The monoisotopic (exact) mass is 306 g/mol. The lowest BCUT2D eigenvalue weighted by molar-refractivity contribution is 0.163. The number of ether oxygens (including phenoxy) is 1. The lowest BCUT2D eigenvalue weighted by Gasteiger charge is -2.32. The first kappa shape index (κ1) is 17.9. The topological polar surface area (TPSA) is 58.6 Å². The van der Waals surface area contributed by atoms with Crippen LogP contribution in [0, 0.1) is 5.92 Å². The maximum atomic E-state index is 12.7. The number of hydrogen-bond acceptors (Lipinski definition) is 4. The second-order valence-corrected chi connectivity index (χ2v) is 7.51. The highest BCUT2D eigenvalue weighted by Gasteiger charge is 2.30. The van der Waals surface area contributed by atoms with Crippen LogP contribution in [0.15, 0.2) is 0 Å². The number of methoxy groups -OCH3 is 1. The van der Waals surface area contributed by atoms with Crippen molar-refractivity contribution in [2.75, 3.05) is 39.1 Å². The van der Waals surface area contributed by atoms with Crippen LogP contribution in [0.1, 0.15) is 39.5 Å². The van der Waals surface area contributed by atoms with E-state index in [1.165, 1.54) is 0 Å². The van der Waals surface area contributed by atoms with Crippen molar-refractivity contribution in [2.24, 2.45) is 5.92 Å². The molecule has 1 fully saturated rings. The van der Waals surface area contributed by atoms with E-state index in [2.05, 4.69) is 5.32 Å². The predicted octanol–water partition coefficient (Wildman–Crippen LogP) is 1.45. The van der Waals surface area contributed by atoms with E-state index < -0.39 is 10.0 Å². The summed E-state index contributed by atoms with van der Waals surface area (Å²) in [6.07, 6.45) is 3.62. The molecule has 0 radical (unpaired) electrons. The Kier molecular flexibility index (Phi) is 8.02. The van der Waals surface area contributed by atoms with Crippen molar-refractivity contribution in [3.8, 4) is 0 Å². The van der Waals surface area contributed by atoms with Crippen molar-refractivity contribution < 1.29 is 13.2 Å². The minimum absolute atomic E-state index is 0.0943. The Morgan fingerprint density at radius 2 is 1.85 bits per heavy atom. The van der Waals surface area contributed by atoms with Crippen molar-refractivity contribution in [3.63, 3.8) is 0 Å². The normalized spacial score (nSPS) is 18.1. The van der Waals surface area contributed by atoms with E-state index in [1.807, 2.05) is 13.8 Å². The lowest BCUT2D eigenvalue weighted by Crippen LogP contribution is -2.45.